The SMILES string of the molecule is COC(=O)C1Cc2ccccc2CN1C(=O)c1cccc(OCc2cn3ccccc3n2)c1. The molecule has 0 bridgehead atoms. The minimum Gasteiger partial charge on any atom is -0.487 e. The van der Waals surface area contributed by atoms with E-state index in [0.717, 1.165) is 22.5 Å². The van der Waals surface area contributed by atoms with E-state index in [1.165, 1.54) is 7.11 Å². The minimum absolute atomic E-state index is 0.238. The number of ether oxygens (including phenoxy) is 2. The highest BCUT2D eigenvalue weighted by Crippen LogP contribution is 2.27. The van der Waals surface area contributed by atoms with Crippen molar-refractivity contribution in [1.29, 1.82) is 0 Å². The zero-order valence-electron chi connectivity index (χ0n) is 18.2. The molecule has 4 aromatic rings. The molecule has 2 aromatic heterocycles. The lowest BCUT2D eigenvalue weighted by atomic mass is 9.93. The van der Waals surface area contributed by atoms with E-state index in [-0.39, 0.29) is 12.5 Å². The van der Waals surface area contributed by atoms with Gasteiger partial charge < -0.3 is 18.8 Å². The number of methoxy groups -OCH3 is 1. The van der Waals surface area contributed by atoms with Crippen LogP contribution in [0.1, 0.15) is 27.2 Å². The van der Waals surface area contributed by atoms with E-state index in [1.807, 2.05) is 59.3 Å². The lowest BCUT2D eigenvalue weighted by Crippen LogP contribution is -2.49. The van der Waals surface area contributed by atoms with Crippen LogP contribution in [-0.2, 0) is 29.1 Å². The first-order valence-corrected chi connectivity index (χ1v) is 10.7. The molecule has 0 aliphatic carbocycles. The number of nitrogens with zero attached hydrogens (tertiary/aromatic N) is 3. The van der Waals surface area contributed by atoms with Crippen molar-refractivity contribution in [3.8, 4) is 5.75 Å². The summed E-state index contributed by atoms with van der Waals surface area (Å²) in [6.07, 6.45) is 4.27. The van der Waals surface area contributed by atoms with E-state index in [1.54, 1.807) is 29.2 Å². The van der Waals surface area contributed by atoms with E-state index in [2.05, 4.69) is 4.98 Å². The summed E-state index contributed by atoms with van der Waals surface area (Å²) in [5.74, 6) is -0.0971. The van der Waals surface area contributed by atoms with Crippen LogP contribution in [-0.4, -0.2) is 39.3 Å². The summed E-state index contributed by atoms with van der Waals surface area (Å²) in [4.78, 5) is 32.0. The molecule has 1 aliphatic heterocycles. The molecule has 0 fully saturated rings. The summed E-state index contributed by atoms with van der Waals surface area (Å²) in [6, 6.07) is 20.0. The molecule has 33 heavy (non-hydrogen) atoms. The summed E-state index contributed by atoms with van der Waals surface area (Å²) >= 11 is 0. The normalized spacial score (nSPS) is 15.2. The second-order valence-electron chi connectivity index (χ2n) is 7.96. The van der Waals surface area contributed by atoms with Crippen LogP contribution in [0, 0.1) is 0 Å². The van der Waals surface area contributed by atoms with Gasteiger partial charge in [0.25, 0.3) is 5.91 Å². The summed E-state index contributed by atoms with van der Waals surface area (Å²) < 4.78 is 12.8. The molecule has 7 nitrogen and oxygen atoms in total. The van der Waals surface area contributed by atoms with Gasteiger partial charge in [0, 0.05) is 30.9 Å². The summed E-state index contributed by atoms with van der Waals surface area (Å²) in [7, 11) is 1.35. The van der Waals surface area contributed by atoms with Gasteiger partial charge in [-0.3, -0.25) is 4.79 Å². The number of benzene rings is 2. The number of hydrogen-bond acceptors (Lipinski definition) is 5. The first kappa shape index (κ1) is 20.8. The molecule has 3 heterocycles. The van der Waals surface area contributed by atoms with Crippen molar-refractivity contribution in [3.63, 3.8) is 0 Å². The molecule has 166 valence electrons. The fourth-order valence-electron chi connectivity index (χ4n) is 4.18. The summed E-state index contributed by atoms with van der Waals surface area (Å²) in [6.45, 7) is 0.627. The Morgan fingerprint density at radius 1 is 1.03 bits per heavy atom. The first-order chi connectivity index (χ1) is 16.1. The van der Waals surface area contributed by atoms with Gasteiger partial charge >= 0.3 is 5.97 Å². The molecule has 0 spiro atoms. The van der Waals surface area contributed by atoms with Gasteiger partial charge in [0.05, 0.1) is 12.8 Å². The first-order valence-electron chi connectivity index (χ1n) is 10.7. The highest BCUT2D eigenvalue weighted by Gasteiger charge is 2.35. The minimum atomic E-state index is -0.667. The maximum Gasteiger partial charge on any atom is 0.328 e. The molecule has 1 amide bonds. The molecule has 5 rings (SSSR count). The van der Waals surface area contributed by atoms with E-state index >= 15 is 0 Å². The molecular formula is C26H23N3O4. The van der Waals surface area contributed by atoms with Gasteiger partial charge in [-0.1, -0.05) is 36.4 Å². The molecule has 0 saturated heterocycles. The predicted octanol–water partition coefficient (Wildman–Crippen LogP) is 3.65. The van der Waals surface area contributed by atoms with Crippen LogP contribution in [0.3, 0.4) is 0 Å². The van der Waals surface area contributed by atoms with Crippen molar-refractivity contribution in [1.82, 2.24) is 14.3 Å². The van der Waals surface area contributed by atoms with Crippen LogP contribution in [0.5, 0.6) is 5.75 Å². The van der Waals surface area contributed by atoms with Crippen molar-refractivity contribution >= 4 is 17.5 Å². The molecule has 1 unspecified atom stereocenters. The number of hydrogen-bond donors (Lipinski definition) is 0. The number of amides is 1. The van der Waals surface area contributed by atoms with Gasteiger partial charge in [-0.2, -0.15) is 0 Å². The van der Waals surface area contributed by atoms with E-state index in [4.69, 9.17) is 9.47 Å². The van der Waals surface area contributed by atoms with Crippen LogP contribution in [0.2, 0.25) is 0 Å². The van der Waals surface area contributed by atoms with Gasteiger partial charge in [-0.05, 0) is 41.5 Å². The number of fused-ring (bicyclic) bond motifs is 2. The fraction of sp³-hybridized carbons (Fsp3) is 0.192. The Morgan fingerprint density at radius 2 is 1.85 bits per heavy atom. The number of rotatable bonds is 5. The smallest absolute Gasteiger partial charge is 0.328 e. The van der Waals surface area contributed by atoms with Gasteiger partial charge in [0.1, 0.15) is 24.0 Å². The van der Waals surface area contributed by atoms with Crippen LogP contribution >= 0.6 is 0 Å². The molecular weight excluding hydrogens is 418 g/mol. The Kier molecular flexibility index (Phi) is 5.52. The standard InChI is InChI=1S/C26H23N3O4/c1-32-26(31)23-14-18-7-2-3-8-20(18)15-29(23)25(30)19-9-6-10-22(13-19)33-17-21-16-28-12-5-4-11-24(28)27-21/h2-13,16,23H,14-15,17H2,1H3. The summed E-state index contributed by atoms with van der Waals surface area (Å²) in [5, 5.41) is 0. The lowest BCUT2D eigenvalue weighted by Gasteiger charge is -2.35. The predicted molar refractivity (Wildman–Crippen MR) is 122 cm³/mol. The number of carbonyl (C=O) groups is 2. The zero-order valence-corrected chi connectivity index (χ0v) is 18.2. The molecule has 0 N–H and O–H groups in total. The lowest BCUT2D eigenvalue weighted by molar-refractivity contribution is -0.146. The summed E-state index contributed by atoms with van der Waals surface area (Å²) in [5.41, 5.74) is 4.18. The van der Waals surface area contributed by atoms with Gasteiger partial charge in [-0.25, -0.2) is 9.78 Å². The van der Waals surface area contributed by atoms with E-state index in [0.29, 0.717) is 24.3 Å². The second-order valence-corrected chi connectivity index (χ2v) is 7.96. The maximum absolute atomic E-state index is 13.4. The largest absolute Gasteiger partial charge is 0.487 e. The third kappa shape index (κ3) is 4.17. The molecule has 0 saturated carbocycles. The Labute approximate surface area is 191 Å². The molecule has 7 heteroatoms. The van der Waals surface area contributed by atoms with E-state index < -0.39 is 12.0 Å². The average molecular weight is 441 g/mol. The molecule has 1 aliphatic rings. The number of esters is 1. The van der Waals surface area contributed by atoms with Crippen LogP contribution < -0.4 is 4.74 Å². The third-order valence-corrected chi connectivity index (χ3v) is 5.86. The number of pyridine rings is 1. The number of aromatic nitrogens is 2. The monoisotopic (exact) mass is 441 g/mol. The van der Waals surface area contributed by atoms with Crippen molar-refractivity contribution in [2.24, 2.45) is 0 Å². The zero-order chi connectivity index (χ0) is 22.8. The topological polar surface area (TPSA) is 73.1 Å². The highest BCUT2D eigenvalue weighted by molar-refractivity contribution is 5.97. The quantitative estimate of drug-likeness (QED) is 0.442. The van der Waals surface area contributed by atoms with Crippen molar-refractivity contribution in [2.45, 2.75) is 25.6 Å². The average Bonchev–Trinajstić information content (AvgIpc) is 3.29. The van der Waals surface area contributed by atoms with Crippen LogP contribution in [0.15, 0.2) is 79.1 Å². The van der Waals surface area contributed by atoms with Crippen LogP contribution in [0.4, 0.5) is 0 Å². The third-order valence-electron chi connectivity index (χ3n) is 5.86. The van der Waals surface area contributed by atoms with E-state index in [9.17, 15) is 9.59 Å². The van der Waals surface area contributed by atoms with Crippen molar-refractivity contribution in [3.05, 3.63) is 102 Å². The molecule has 2 aromatic carbocycles. The number of imidazole rings is 1. The maximum atomic E-state index is 13.4. The van der Waals surface area contributed by atoms with Gasteiger partial charge in [0.15, 0.2) is 0 Å². The Hall–Kier alpha value is -4.13. The Balaban J connectivity index is 1.35. The van der Waals surface area contributed by atoms with Gasteiger partial charge in [-0.15, -0.1) is 0 Å². The van der Waals surface area contributed by atoms with Gasteiger partial charge in [0.2, 0.25) is 0 Å². The number of carbonyl (C=O) groups excluding carboxylic acids is 2. The Bertz CT molecular complexity index is 1300. The van der Waals surface area contributed by atoms with Crippen molar-refractivity contribution in [2.75, 3.05) is 7.11 Å². The molecule has 1 atom stereocenters. The fourth-order valence-corrected chi connectivity index (χ4v) is 4.18. The van der Waals surface area contributed by atoms with Crippen LogP contribution in [0.25, 0.3) is 5.65 Å². The highest BCUT2D eigenvalue weighted by atomic mass is 16.5. The Morgan fingerprint density at radius 3 is 2.67 bits per heavy atom. The second kappa shape index (κ2) is 8.78. The molecule has 0 radical (unpaired) electrons. The van der Waals surface area contributed by atoms with Crippen molar-refractivity contribution < 1.29 is 19.1 Å².